The van der Waals surface area contributed by atoms with Crippen molar-refractivity contribution in [3.05, 3.63) is 78.0 Å². The summed E-state index contributed by atoms with van der Waals surface area (Å²) >= 11 is 0. The molecule has 1 amide bonds. The molecule has 0 fully saturated rings. The van der Waals surface area contributed by atoms with E-state index in [-0.39, 0.29) is 5.91 Å². The van der Waals surface area contributed by atoms with Gasteiger partial charge in [-0.25, -0.2) is 9.67 Å². The molecule has 0 aliphatic heterocycles. The molecule has 0 N–H and O–H groups in total. The van der Waals surface area contributed by atoms with Gasteiger partial charge in [0.1, 0.15) is 5.75 Å². The van der Waals surface area contributed by atoms with E-state index >= 15 is 0 Å². The molecule has 0 aliphatic rings. The van der Waals surface area contributed by atoms with Gasteiger partial charge in [0.25, 0.3) is 5.91 Å². The first-order valence-corrected chi connectivity index (χ1v) is 9.91. The fraction of sp³-hybridized carbons (Fsp3) is 0.208. The third-order valence-corrected chi connectivity index (χ3v) is 5.13. The average Bonchev–Trinajstić information content (AvgIpc) is 3.22. The van der Waals surface area contributed by atoms with Gasteiger partial charge in [0, 0.05) is 25.7 Å². The number of carbonyl (C=O) groups is 1. The molecular weight excluding hydrogens is 376 g/mol. The van der Waals surface area contributed by atoms with Crippen LogP contribution in [-0.4, -0.2) is 39.7 Å². The van der Waals surface area contributed by atoms with E-state index in [1.165, 1.54) is 0 Å². The van der Waals surface area contributed by atoms with Gasteiger partial charge in [-0.2, -0.15) is 5.10 Å². The molecule has 4 aromatic rings. The molecule has 0 radical (unpaired) electrons. The summed E-state index contributed by atoms with van der Waals surface area (Å²) in [5, 5.41) is 5.19. The SMILES string of the molecule is CCn1ncc2c(C(=O)N(C)Cc3ccc(OC)cc3)cc(-c3ccccc3)nc21. The fourth-order valence-corrected chi connectivity index (χ4v) is 3.50. The molecule has 0 spiro atoms. The first-order chi connectivity index (χ1) is 14.6. The maximum atomic E-state index is 13.4. The Balaban J connectivity index is 1.72. The number of aromatic nitrogens is 3. The van der Waals surface area contributed by atoms with Gasteiger partial charge >= 0.3 is 0 Å². The molecular formula is C24H24N4O2. The van der Waals surface area contributed by atoms with Gasteiger partial charge in [0.2, 0.25) is 0 Å². The van der Waals surface area contributed by atoms with E-state index < -0.39 is 0 Å². The lowest BCUT2D eigenvalue weighted by atomic mass is 10.1. The molecule has 4 rings (SSSR count). The van der Waals surface area contributed by atoms with Crippen LogP contribution in [0, 0.1) is 0 Å². The minimum Gasteiger partial charge on any atom is -0.497 e. The number of benzene rings is 2. The van der Waals surface area contributed by atoms with E-state index in [0.717, 1.165) is 33.6 Å². The highest BCUT2D eigenvalue weighted by Crippen LogP contribution is 2.26. The van der Waals surface area contributed by atoms with E-state index in [4.69, 9.17) is 9.72 Å². The Hall–Kier alpha value is -3.67. The summed E-state index contributed by atoms with van der Waals surface area (Å²) < 4.78 is 7.03. The maximum Gasteiger partial charge on any atom is 0.254 e. The predicted molar refractivity (Wildman–Crippen MR) is 117 cm³/mol. The van der Waals surface area contributed by atoms with Crippen LogP contribution in [0.15, 0.2) is 66.9 Å². The molecule has 2 aromatic heterocycles. The summed E-state index contributed by atoms with van der Waals surface area (Å²) in [5.74, 6) is 0.731. The largest absolute Gasteiger partial charge is 0.497 e. The number of fused-ring (bicyclic) bond motifs is 1. The van der Waals surface area contributed by atoms with Crippen LogP contribution >= 0.6 is 0 Å². The highest BCUT2D eigenvalue weighted by atomic mass is 16.5. The molecule has 0 saturated carbocycles. The Kier molecular flexibility index (Phi) is 5.48. The van der Waals surface area contributed by atoms with Gasteiger partial charge in [0.15, 0.2) is 5.65 Å². The predicted octanol–water partition coefficient (Wildman–Crippen LogP) is 4.40. The van der Waals surface area contributed by atoms with Gasteiger partial charge in [-0.1, -0.05) is 42.5 Å². The van der Waals surface area contributed by atoms with Gasteiger partial charge in [-0.3, -0.25) is 4.79 Å². The number of methoxy groups -OCH3 is 1. The molecule has 6 nitrogen and oxygen atoms in total. The van der Waals surface area contributed by atoms with Crippen molar-refractivity contribution >= 4 is 16.9 Å². The van der Waals surface area contributed by atoms with E-state index in [1.54, 1.807) is 18.2 Å². The zero-order chi connectivity index (χ0) is 21.1. The Morgan fingerprint density at radius 2 is 1.83 bits per heavy atom. The fourth-order valence-electron chi connectivity index (χ4n) is 3.50. The number of aryl methyl sites for hydroxylation is 1. The topological polar surface area (TPSA) is 60.2 Å². The van der Waals surface area contributed by atoms with Crippen molar-refractivity contribution in [3.63, 3.8) is 0 Å². The molecule has 0 aliphatic carbocycles. The molecule has 0 unspecified atom stereocenters. The molecule has 30 heavy (non-hydrogen) atoms. The Bertz CT molecular complexity index is 1170. The van der Waals surface area contributed by atoms with Crippen molar-refractivity contribution in [3.8, 4) is 17.0 Å². The van der Waals surface area contributed by atoms with Crippen molar-refractivity contribution in [2.75, 3.05) is 14.2 Å². The first kappa shape index (κ1) is 19.6. The molecule has 0 saturated heterocycles. The van der Waals surface area contributed by atoms with Crippen molar-refractivity contribution in [2.24, 2.45) is 0 Å². The highest BCUT2D eigenvalue weighted by molar-refractivity contribution is 6.06. The van der Waals surface area contributed by atoms with Gasteiger partial charge in [-0.05, 0) is 30.7 Å². The first-order valence-electron chi connectivity index (χ1n) is 9.91. The van der Waals surface area contributed by atoms with Crippen LogP contribution in [0.1, 0.15) is 22.8 Å². The second-order valence-electron chi connectivity index (χ2n) is 7.13. The summed E-state index contributed by atoms with van der Waals surface area (Å²) in [7, 11) is 3.45. The second kappa shape index (κ2) is 8.37. The van der Waals surface area contributed by atoms with Gasteiger partial charge in [-0.15, -0.1) is 0 Å². The minimum absolute atomic E-state index is 0.0638. The molecule has 2 heterocycles. The number of amides is 1. The van der Waals surface area contributed by atoms with E-state index in [0.29, 0.717) is 18.7 Å². The van der Waals surface area contributed by atoms with Crippen LogP contribution in [0.2, 0.25) is 0 Å². The smallest absolute Gasteiger partial charge is 0.254 e. The van der Waals surface area contributed by atoms with Gasteiger partial charge in [0.05, 0.1) is 30.0 Å². The summed E-state index contributed by atoms with van der Waals surface area (Å²) in [6.45, 7) is 3.19. The number of hydrogen-bond donors (Lipinski definition) is 0. The summed E-state index contributed by atoms with van der Waals surface area (Å²) in [4.78, 5) is 19.9. The summed E-state index contributed by atoms with van der Waals surface area (Å²) in [6.07, 6.45) is 1.73. The van der Waals surface area contributed by atoms with Crippen LogP contribution in [0.5, 0.6) is 5.75 Å². The van der Waals surface area contributed by atoms with Crippen LogP contribution in [0.25, 0.3) is 22.3 Å². The number of nitrogens with zero attached hydrogens (tertiary/aromatic N) is 4. The lowest BCUT2D eigenvalue weighted by Gasteiger charge is -2.18. The zero-order valence-corrected chi connectivity index (χ0v) is 17.4. The number of pyridine rings is 1. The van der Waals surface area contributed by atoms with Crippen molar-refractivity contribution < 1.29 is 9.53 Å². The molecule has 2 aromatic carbocycles. The average molecular weight is 400 g/mol. The number of ether oxygens (including phenoxy) is 1. The van der Waals surface area contributed by atoms with Crippen LogP contribution < -0.4 is 4.74 Å². The van der Waals surface area contributed by atoms with E-state index in [2.05, 4.69) is 5.10 Å². The Labute approximate surface area is 175 Å². The number of rotatable bonds is 6. The van der Waals surface area contributed by atoms with Crippen molar-refractivity contribution in [1.29, 1.82) is 0 Å². The Morgan fingerprint density at radius 1 is 1.10 bits per heavy atom. The normalized spacial score (nSPS) is 10.9. The van der Waals surface area contributed by atoms with E-state index in [9.17, 15) is 4.79 Å². The molecule has 6 heteroatoms. The lowest BCUT2D eigenvalue weighted by molar-refractivity contribution is 0.0787. The molecule has 0 atom stereocenters. The third-order valence-electron chi connectivity index (χ3n) is 5.13. The maximum absolute atomic E-state index is 13.4. The molecule has 0 bridgehead atoms. The number of hydrogen-bond acceptors (Lipinski definition) is 4. The standard InChI is InChI=1S/C24H24N4O2/c1-4-28-23-21(15-25-28)20(14-22(26-23)18-8-6-5-7-9-18)24(29)27(2)16-17-10-12-19(30-3)13-11-17/h5-15H,4,16H2,1-3H3. The Morgan fingerprint density at radius 3 is 2.50 bits per heavy atom. The quantitative estimate of drug-likeness (QED) is 0.481. The monoisotopic (exact) mass is 400 g/mol. The van der Waals surface area contributed by atoms with Crippen LogP contribution in [0.4, 0.5) is 0 Å². The second-order valence-corrected chi connectivity index (χ2v) is 7.13. The highest BCUT2D eigenvalue weighted by Gasteiger charge is 2.20. The zero-order valence-electron chi connectivity index (χ0n) is 17.4. The van der Waals surface area contributed by atoms with Crippen molar-refractivity contribution in [1.82, 2.24) is 19.7 Å². The third kappa shape index (κ3) is 3.76. The summed E-state index contributed by atoms with van der Waals surface area (Å²) in [6, 6.07) is 19.5. The summed E-state index contributed by atoms with van der Waals surface area (Å²) in [5.41, 5.74) is 4.09. The van der Waals surface area contributed by atoms with Crippen LogP contribution in [0.3, 0.4) is 0 Å². The van der Waals surface area contributed by atoms with Crippen LogP contribution in [-0.2, 0) is 13.1 Å². The van der Waals surface area contributed by atoms with Crippen molar-refractivity contribution in [2.45, 2.75) is 20.0 Å². The van der Waals surface area contributed by atoms with E-state index in [1.807, 2.05) is 79.3 Å². The molecule has 152 valence electrons. The number of carbonyl (C=O) groups excluding carboxylic acids is 1. The lowest BCUT2D eigenvalue weighted by Crippen LogP contribution is -2.26. The van der Waals surface area contributed by atoms with Gasteiger partial charge < -0.3 is 9.64 Å². The minimum atomic E-state index is -0.0638.